The van der Waals surface area contributed by atoms with E-state index in [1.807, 2.05) is 20.8 Å². The lowest BCUT2D eigenvalue weighted by molar-refractivity contribution is 0.370. The average molecular weight is 220 g/mol. The Balaban J connectivity index is 3.26. The molecule has 0 aliphatic carbocycles. The lowest BCUT2D eigenvalue weighted by Gasteiger charge is -2.14. The van der Waals surface area contributed by atoms with Crippen LogP contribution in [0.3, 0.4) is 0 Å². The molecule has 0 saturated heterocycles. The van der Waals surface area contributed by atoms with Gasteiger partial charge in [-0.1, -0.05) is 20.8 Å². The van der Waals surface area contributed by atoms with Crippen molar-refractivity contribution >= 4 is 15.9 Å². The zero-order valence-electron chi connectivity index (χ0n) is 6.69. The van der Waals surface area contributed by atoms with Gasteiger partial charge in [0.25, 0.3) is 0 Å². The Bertz CT molecular complexity index is 305. The molecular weight excluding hydrogens is 210 g/mol. The summed E-state index contributed by atoms with van der Waals surface area (Å²) in [5, 5.41) is 2.58. The number of hydrogen-bond donors (Lipinski definition) is 1. The minimum Gasteiger partial charge on any atom is -0.338 e. The summed E-state index contributed by atoms with van der Waals surface area (Å²) < 4.78 is 5.09. The third kappa shape index (κ3) is 1.56. The molecule has 1 aromatic rings. The zero-order valence-corrected chi connectivity index (χ0v) is 8.28. The van der Waals surface area contributed by atoms with Gasteiger partial charge < -0.3 is 4.52 Å². The van der Waals surface area contributed by atoms with Gasteiger partial charge in [-0.25, -0.2) is 9.95 Å². The predicted molar refractivity (Wildman–Crippen MR) is 45.7 cm³/mol. The second-order valence-electron chi connectivity index (χ2n) is 3.43. The first-order valence-corrected chi connectivity index (χ1v) is 4.09. The fraction of sp³-hybridized carbons (Fsp3) is 0.571. The highest BCUT2D eigenvalue weighted by Crippen LogP contribution is 2.24. The Hall–Kier alpha value is -0.510. The Labute approximate surface area is 72.9 Å². The first kappa shape index (κ1) is 8.59. The van der Waals surface area contributed by atoms with Crippen molar-refractivity contribution in [3.8, 4) is 0 Å². The summed E-state index contributed by atoms with van der Waals surface area (Å²) in [4.78, 5) is 10.8. The molecule has 0 saturated carbocycles. The first-order valence-electron chi connectivity index (χ1n) is 3.30. The molecule has 0 bridgehead atoms. The number of aromatic nitrogens is 1. The SMILES string of the molecule is CC(C)(C)c1[nH]oc(=O)c1Br. The molecule has 0 aliphatic rings. The lowest BCUT2D eigenvalue weighted by Crippen LogP contribution is -2.13. The van der Waals surface area contributed by atoms with Crippen LogP contribution in [0.25, 0.3) is 0 Å². The van der Waals surface area contributed by atoms with Crippen LogP contribution in [0, 0.1) is 0 Å². The second-order valence-corrected chi connectivity index (χ2v) is 4.22. The third-order valence-electron chi connectivity index (χ3n) is 1.39. The molecule has 0 atom stereocenters. The normalized spacial score (nSPS) is 12.0. The van der Waals surface area contributed by atoms with Crippen molar-refractivity contribution in [2.45, 2.75) is 26.2 Å². The lowest BCUT2D eigenvalue weighted by atomic mass is 9.93. The van der Waals surface area contributed by atoms with E-state index in [4.69, 9.17) is 0 Å². The van der Waals surface area contributed by atoms with Crippen molar-refractivity contribution in [2.75, 3.05) is 0 Å². The average Bonchev–Trinajstić information content (AvgIpc) is 2.11. The van der Waals surface area contributed by atoms with Gasteiger partial charge in [-0.2, -0.15) is 0 Å². The van der Waals surface area contributed by atoms with E-state index in [0.29, 0.717) is 4.47 Å². The summed E-state index contributed by atoms with van der Waals surface area (Å²) in [6, 6.07) is 0. The monoisotopic (exact) mass is 219 g/mol. The van der Waals surface area contributed by atoms with Gasteiger partial charge in [0.2, 0.25) is 0 Å². The molecule has 0 spiro atoms. The Morgan fingerprint density at radius 3 is 2.18 bits per heavy atom. The van der Waals surface area contributed by atoms with Crippen molar-refractivity contribution in [2.24, 2.45) is 0 Å². The molecule has 1 aromatic heterocycles. The van der Waals surface area contributed by atoms with Crippen molar-refractivity contribution in [1.29, 1.82) is 0 Å². The quantitative estimate of drug-likeness (QED) is 0.726. The van der Waals surface area contributed by atoms with E-state index in [2.05, 4.69) is 25.6 Å². The van der Waals surface area contributed by atoms with Crippen LogP contribution in [0.2, 0.25) is 0 Å². The molecule has 0 fully saturated rings. The van der Waals surface area contributed by atoms with Crippen LogP contribution < -0.4 is 5.63 Å². The van der Waals surface area contributed by atoms with Crippen molar-refractivity contribution < 1.29 is 4.52 Å². The van der Waals surface area contributed by atoms with Crippen LogP contribution in [-0.2, 0) is 5.41 Å². The summed E-state index contributed by atoms with van der Waals surface area (Å²) in [6.07, 6.45) is 0. The van der Waals surface area contributed by atoms with Crippen molar-refractivity contribution in [1.82, 2.24) is 5.16 Å². The van der Waals surface area contributed by atoms with Gasteiger partial charge in [0.05, 0.1) is 5.69 Å². The standard InChI is InChI=1S/C7H10BrNO2/c1-7(2,3)5-4(8)6(10)11-9-5/h9H,1-3H3. The molecule has 62 valence electrons. The van der Waals surface area contributed by atoms with E-state index in [1.54, 1.807) is 0 Å². The van der Waals surface area contributed by atoms with Gasteiger partial charge in [-0.3, -0.25) is 0 Å². The fourth-order valence-corrected chi connectivity index (χ4v) is 1.53. The molecule has 0 unspecified atom stereocenters. The molecule has 0 aromatic carbocycles. The molecule has 3 nitrogen and oxygen atoms in total. The minimum absolute atomic E-state index is 0.0923. The number of halogens is 1. The third-order valence-corrected chi connectivity index (χ3v) is 2.11. The van der Waals surface area contributed by atoms with Crippen LogP contribution in [0.1, 0.15) is 26.5 Å². The van der Waals surface area contributed by atoms with E-state index in [-0.39, 0.29) is 11.0 Å². The number of nitrogens with one attached hydrogen (secondary N) is 1. The smallest absolute Gasteiger partial charge is 0.338 e. The van der Waals surface area contributed by atoms with Crippen LogP contribution in [-0.4, -0.2) is 5.16 Å². The highest BCUT2D eigenvalue weighted by atomic mass is 79.9. The number of H-pyrrole nitrogens is 1. The second kappa shape index (κ2) is 2.52. The van der Waals surface area contributed by atoms with E-state index >= 15 is 0 Å². The maximum absolute atomic E-state index is 10.8. The summed E-state index contributed by atoms with van der Waals surface area (Å²) in [5.41, 5.74) is 0.350. The largest absolute Gasteiger partial charge is 0.371 e. The molecule has 4 heteroatoms. The Morgan fingerprint density at radius 1 is 1.45 bits per heavy atom. The molecule has 0 amide bonds. The van der Waals surface area contributed by atoms with Gasteiger partial charge in [0, 0.05) is 5.41 Å². The molecule has 0 radical (unpaired) electrons. The number of rotatable bonds is 0. The zero-order chi connectivity index (χ0) is 8.65. The van der Waals surface area contributed by atoms with E-state index < -0.39 is 0 Å². The van der Waals surface area contributed by atoms with Gasteiger partial charge in [0.15, 0.2) is 0 Å². The number of hydrogen-bond acceptors (Lipinski definition) is 2. The summed E-state index contributed by atoms with van der Waals surface area (Å²) >= 11 is 3.15. The van der Waals surface area contributed by atoms with Crippen LogP contribution in [0.5, 0.6) is 0 Å². The Kier molecular flexibility index (Phi) is 1.96. The molecule has 1 rings (SSSR count). The molecule has 0 aliphatic heterocycles. The van der Waals surface area contributed by atoms with Crippen LogP contribution >= 0.6 is 15.9 Å². The molecule has 1 N–H and O–H groups in total. The number of aromatic amines is 1. The van der Waals surface area contributed by atoms with E-state index in [0.717, 1.165) is 5.69 Å². The Morgan fingerprint density at radius 2 is 2.00 bits per heavy atom. The van der Waals surface area contributed by atoms with E-state index in [1.165, 1.54) is 0 Å². The van der Waals surface area contributed by atoms with Crippen LogP contribution in [0.4, 0.5) is 0 Å². The van der Waals surface area contributed by atoms with Gasteiger partial charge in [-0.05, 0) is 15.9 Å². The summed E-state index contributed by atoms with van der Waals surface area (Å²) in [5.74, 6) is 0. The molecular formula is C7H10BrNO2. The maximum atomic E-state index is 10.8. The van der Waals surface area contributed by atoms with Crippen molar-refractivity contribution in [3.63, 3.8) is 0 Å². The minimum atomic E-state index is -0.352. The van der Waals surface area contributed by atoms with Gasteiger partial charge in [0.1, 0.15) is 4.47 Å². The summed E-state index contributed by atoms with van der Waals surface area (Å²) in [6.45, 7) is 6.00. The molecule has 1 heterocycles. The topological polar surface area (TPSA) is 46.0 Å². The van der Waals surface area contributed by atoms with Gasteiger partial charge >= 0.3 is 5.63 Å². The fourth-order valence-electron chi connectivity index (χ4n) is 0.771. The highest BCUT2D eigenvalue weighted by molar-refractivity contribution is 9.10. The van der Waals surface area contributed by atoms with Gasteiger partial charge in [-0.15, -0.1) is 0 Å². The predicted octanol–water partition coefficient (Wildman–Crippen LogP) is 2.03. The highest BCUT2D eigenvalue weighted by Gasteiger charge is 2.21. The molecule has 11 heavy (non-hydrogen) atoms. The van der Waals surface area contributed by atoms with E-state index in [9.17, 15) is 4.79 Å². The van der Waals surface area contributed by atoms with Crippen LogP contribution in [0.15, 0.2) is 13.8 Å². The maximum Gasteiger partial charge on any atom is 0.371 e. The summed E-state index contributed by atoms with van der Waals surface area (Å²) in [7, 11) is 0. The first-order chi connectivity index (χ1) is 4.93. The van der Waals surface area contributed by atoms with Crippen molar-refractivity contribution in [3.05, 3.63) is 20.6 Å².